The van der Waals surface area contributed by atoms with Gasteiger partial charge in [-0.25, -0.2) is 0 Å². The van der Waals surface area contributed by atoms with Gasteiger partial charge in [0, 0.05) is 26.1 Å². The Labute approximate surface area is 143 Å². The van der Waals surface area contributed by atoms with Gasteiger partial charge in [-0.2, -0.15) is 0 Å². The van der Waals surface area contributed by atoms with Gasteiger partial charge in [0.05, 0.1) is 6.61 Å². The molecule has 2 aromatic rings. The van der Waals surface area contributed by atoms with E-state index in [1.165, 1.54) is 0 Å². The molecule has 0 saturated heterocycles. The summed E-state index contributed by atoms with van der Waals surface area (Å²) in [6.07, 6.45) is 0.284. The van der Waals surface area contributed by atoms with Gasteiger partial charge in [0.15, 0.2) is 0 Å². The summed E-state index contributed by atoms with van der Waals surface area (Å²) in [7, 11) is 1.67. The van der Waals surface area contributed by atoms with Gasteiger partial charge >= 0.3 is 0 Å². The first-order valence-corrected chi connectivity index (χ1v) is 7.33. The molecule has 1 amide bonds. The van der Waals surface area contributed by atoms with Gasteiger partial charge in [0.25, 0.3) is 0 Å². The van der Waals surface area contributed by atoms with E-state index in [9.17, 15) is 4.79 Å². The predicted molar refractivity (Wildman–Crippen MR) is 94.2 cm³/mol. The zero-order valence-electron chi connectivity index (χ0n) is 13.2. The molecule has 0 aliphatic carbocycles. The molecule has 3 N–H and O–H groups in total. The summed E-state index contributed by atoms with van der Waals surface area (Å²) >= 11 is 0. The minimum absolute atomic E-state index is 0. The standard InChI is InChI=1S/C18H22N2O2.ClH/c1-22-13-15-9-7-14(8-10-15)12-20-18(21)11-17(19)16-5-3-2-4-6-16;/h2-10,17H,11-13,19H2,1H3,(H,20,21);1H. The minimum Gasteiger partial charge on any atom is -0.380 e. The van der Waals surface area contributed by atoms with Gasteiger partial charge in [-0.3, -0.25) is 4.79 Å². The van der Waals surface area contributed by atoms with Crippen molar-refractivity contribution in [3.63, 3.8) is 0 Å². The van der Waals surface area contributed by atoms with E-state index in [1.54, 1.807) is 7.11 Å². The Morgan fingerprint density at radius 2 is 1.70 bits per heavy atom. The van der Waals surface area contributed by atoms with Crippen molar-refractivity contribution in [1.82, 2.24) is 5.32 Å². The molecular weight excluding hydrogens is 312 g/mol. The van der Waals surface area contributed by atoms with E-state index in [0.717, 1.165) is 16.7 Å². The maximum Gasteiger partial charge on any atom is 0.222 e. The molecule has 2 rings (SSSR count). The van der Waals surface area contributed by atoms with Crippen LogP contribution in [0.5, 0.6) is 0 Å². The second-order valence-electron chi connectivity index (χ2n) is 5.25. The van der Waals surface area contributed by atoms with Crippen LogP contribution in [0, 0.1) is 0 Å². The molecule has 0 aliphatic rings. The number of nitrogens with one attached hydrogen (secondary N) is 1. The number of methoxy groups -OCH3 is 1. The fraction of sp³-hybridized carbons (Fsp3) is 0.278. The number of amides is 1. The lowest BCUT2D eigenvalue weighted by Crippen LogP contribution is -2.27. The second-order valence-corrected chi connectivity index (χ2v) is 5.25. The van der Waals surface area contributed by atoms with Crippen LogP contribution in [0.3, 0.4) is 0 Å². The molecule has 4 nitrogen and oxygen atoms in total. The van der Waals surface area contributed by atoms with Crippen molar-refractivity contribution < 1.29 is 9.53 Å². The van der Waals surface area contributed by atoms with Crippen LogP contribution < -0.4 is 11.1 Å². The first kappa shape index (κ1) is 19.2. The van der Waals surface area contributed by atoms with Gasteiger partial charge in [-0.15, -0.1) is 12.4 Å². The quantitative estimate of drug-likeness (QED) is 0.818. The summed E-state index contributed by atoms with van der Waals surface area (Å²) < 4.78 is 5.07. The number of nitrogens with two attached hydrogens (primary N) is 1. The Hall–Kier alpha value is -1.88. The lowest BCUT2D eigenvalue weighted by molar-refractivity contribution is -0.121. The smallest absolute Gasteiger partial charge is 0.222 e. The van der Waals surface area contributed by atoms with E-state index in [0.29, 0.717) is 13.2 Å². The molecule has 0 bridgehead atoms. The van der Waals surface area contributed by atoms with E-state index in [1.807, 2.05) is 54.6 Å². The fourth-order valence-electron chi connectivity index (χ4n) is 2.21. The number of benzene rings is 2. The molecule has 23 heavy (non-hydrogen) atoms. The SMILES string of the molecule is COCc1ccc(CNC(=O)CC(N)c2ccccc2)cc1.Cl. The van der Waals surface area contributed by atoms with Crippen molar-refractivity contribution >= 4 is 18.3 Å². The predicted octanol–water partition coefficient (Wildman–Crippen LogP) is 2.96. The van der Waals surface area contributed by atoms with E-state index in [-0.39, 0.29) is 30.8 Å². The highest BCUT2D eigenvalue weighted by Gasteiger charge is 2.10. The normalized spacial score (nSPS) is 11.4. The third-order valence-corrected chi connectivity index (χ3v) is 3.46. The van der Waals surface area contributed by atoms with E-state index in [2.05, 4.69) is 5.32 Å². The van der Waals surface area contributed by atoms with Crippen molar-refractivity contribution in [2.45, 2.75) is 25.6 Å². The Morgan fingerprint density at radius 1 is 1.09 bits per heavy atom. The summed E-state index contributed by atoms with van der Waals surface area (Å²) in [5.41, 5.74) is 9.19. The number of hydrogen-bond donors (Lipinski definition) is 2. The maximum atomic E-state index is 12.0. The summed E-state index contributed by atoms with van der Waals surface area (Å²) in [4.78, 5) is 12.0. The van der Waals surface area contributed by atoms with Crippen molar-refractivity contribution in [2.75, 3.05) is 7.11 Å². The molecule has 0 aromatic heterocycles. The van der Waals surface area contributed by atoms with Crippen LogP contribution in [-0.4, -0.2) is 13.0 Å². The Bertz CT molecular complexity index is 588. The summed E-state index contributed by atoms with van der Waals surface area (Å²) in [5.74, 6) is -0.0441. The van der Waals surface area contributed by atoms with Crippen molar-refractivity contribution in [3.05, 3.63) is 71.3 Å². The third-order valence-electron chi connectivity index (χ3n) is 3.46. The van der Waals surface area contributed by atoms with Crippen molar-refractivity contribution in [2.24, 2.45) is 5.73 Å². The highest BCUT2D eigenvalue weighted by Crippen LogP contribution is 2.13. The van der Waals surface area contributed by atoms with Crippen LogP contribution >= 0.6 is 12.4 Å². The van der Waals surface area contributed by atoms with Gasteiger partial charge in [-0.1, -0.05) is 54.6 Å². The zero-order chi connectivity index (χ0) is 15.8. The topological polar surface area (TPSA) is 64.3 Å². The molecule has 0 spiro atoms. The first-order valence-electron chi connectivity index (χ1n) is 7.33. The Balaban J connectivity index is 0.00000264. The third kappa shape index (κ3) is 6.40. The molecular formula is C18H23ClN2O2. The average Bonchev–Trinajstić information content (AvgIpc) is 2.55. The minimum atomic E-state index is -0.273. The molecule has 0 fully saturated rings. The monoisotopic (exact) mass is 334 g/mol. The molecule has 5 heteroatoms. The van der Waals surface area contributed by atoms with E-state index >= 15 is 0 Å². The lowest BCUT2D eigenvalue weighted by Gasteiger charge is -2.12. The van der Waals surface area contributed by atoms with Crippen LogP contribution in [-0.2, 0) is 22.7 Å². The van der Waals surface area contributed by atoms with Gasteiger partial charge in [0.2, 0.25) is 5.91 Å². The molecule has 0 saturated carbocycles. The number of carbonyl (C=O) groups excluding carboxylic acids is 1. The molecule has 1 unspecified atom stereocenters. The van der Waals surface area contributed by atoms with E-state index < -0.39 is 0 Å². The van der Waals surface area contributed by atoms with Crippen LogP contribution in [0.2, 0.25) is 0 Å². The number of hydrogen-bond acceptors (Lipinski definition) is 3. The maximum absolute atomic E-state index is 12.0. The fourth-order valence-corrected chi connectivity index (χ4v) is 2.21. The molecule has 0 radical (unpaired) electrons. The molecule has 2 aromatic carbocycles. The first-order chi connectivity index (χ1) is 10.7. The van der Waals surface area contributed by atoms with Crippen LogP contribution in [0.15, 0.2) is 54.6 Å². The molecule has 0 aliphatic heterocycles. The number of carbonyl (C=O) groups is 1. The Kier molecular flexibility index (Phi) is 8.33. The number of ether oxygens (including phenoxy) is 1. The zero-order valence-corrected chi connectivity index (χ0v) is 14.0. The Morgan fingerprint density at radius 3 is 2.30 bits per heavy atom. The van der Waals surface area contributed by atoms with Crippen molar-refractivity contribution in [1.29, 1.82) is 0 Å². The van der Waals surface area contributed by atoms with Gasteiger partial charge in [0.1, 0.15) is 0 Å². The number of halogens is 1. The second kappa shape index (κ2) is 10.0. The average molecular weight is 335 g/mol. The molecule has 1 atom stereocenters. The van der Waals surface area contributed by atoms with Crippen molar-refractivity contribution in [3.8, 4) is 0 Å². The van der Waals surface area contributed by atoms with Gasteiger partial charge in [-0.05, 0) is 16.7 Å². The summed E-state index contributed by atoms with van der Waals surface area (Å²) in [6.45, 7) is 1.10. The lowest BCUT2D eigenvalue weighted by atomic mass is 10.0. The van der Waals surface area contributed by atoms with Crippen LogP contribution in [0.4, 0.5) is 0 Å². The van der Waals surface area contributed by atoms with Gasteiger partial charge < -0.3 is 15.8 Å². The highest BCUT2D eigenvalue weighted by atomic mass is 35.5. The largest absolute Gasteiger partial charge is 0.380 e. The van der Waals surface area contributed by atoms with Crippen LogP contribution in [0.1, 0.15) is 29.2 Å². The molecule has 124 valence electrons. The highest BCUT2D eigenvalue weighted by molar-refractivity contribution is 5.85. The number of rotatable bonds is 7. The van der Waals surface area contributed by atoms with E-state index in [4.69, 9.17) is 10.5 Å². The molecule has 0 heterocycles. The van der Waals surface area contributed by atoms with Crippen LogP contribution in [0.25, 0.3) is 0 Å². The summed E-state index contributed by atoms with van der Waals surface area (Å²) in [6, 6.07) is 17.4. The summed E-state index contributed by atoms with van der Waals surface area (Å²) in [5, 5.41) is 2.90.